The van der Waals surface area contributed by atoms with Gasteiger partial charge in [-0.3, -0.25) is 14.5 Å². The predicted molar refractivity (Wildman–Crippen MR) is 77.3 cm³/mol. The summed E-state index contributed by atoms with van der Waals surface area (Å²) in [4.78, 5) is 24.1. The summed E-state index contributed by atoms with van der Waals surface area (Å²) in [7, 11) is 0. The van der Waals surface area contributed by atoms with Crippen molar-refractivity contribution in [2.75, 3.05) is 6.54 Å². The van der Waals surface area contributed by atoms with Gasteiger partial charge in [-0.1, -0.05) is 54.9 Å². The number of nitrogens with zero attached hydrogens (tertiary/aromatic N) is 1. The highest BCUT2D eigenvalue weighted by Crippen LogP contribution is 2.19. The normalized spacial score (nSPS) is 17.4. The molecule has 0 saturated carbocycles. The third-order valence-electron chi connectivity index (χ3n) is 3.24. The van der Waals surface area contributed by atoms with Crippen LogP contribution in [0.3, 0.4) is 0 Å². The number of hydrogen-bond acceptors (Lipinski definition) is 2. The van der Waals surface area contributed by atoms with Crippen molar-refractivity contribution >= 4 is 11.8 Å². The molecule has 0 aromatic carbocycles. The van der Waals surface area contributed by atoms with Gasteiger partial charge in [-0.25, -0.2) is 0 Å². The fourth-order valence-corrected chi connectivity index (χ4v) is 1.70. The molecule has 3 heteroatoms. The first-order valence-corrected chi connectivity index (χ1v) is 7.39. The second kappa shape index (κ2) is 11.2. The second-order valence-electron chi connectivity index (χ2n) is 4.26. The molecule has 2 atom stereocenters. The van der Waals surface area contributed by atoms with Crippen LogP contribution in [0.4, 0.5) is 0 Å². The van der Waals surface area contributed by atoms with Crippen LogP contribution in [0.1, 0.15) is 67.7 Å². The average Bonchev–Trinajstić information content (AvgIpc) is 2.74. The van der Waals surface area contributed by atoms with E-state index in [2.05, 4.69) is 20.8 Å². The maximum absolute atomic E-state index is 11.3. The smallest absolute Gasteiger partial charge is 0.229 e. The Kier molecular flexibility index (Phi) is 12.2. The largest absolute Gasteiger partial charge is 0.282 e. The summed E-state index contributed by atoms with van der Waals surface area (Å²) in [5.41, 5.74) is 0. The van der Waals surface area contributed by atoms with Crippen molar-refractivity contribution in [2.45, 2.75) is 67.7 Å². The predicted octanol–water partition coefficient (Wildman–Crippen LogP) is 3.87. The zero-order chi connectivity index (χ0) is 14.7. The number of imide groups is 1. The number of carbonyl (C=O) groups is 2. The molecule has 0 aliphatic carbocycles. The van der Waals surface area contributed by atoms with Gasteiger partial charge in [0.1, 0.15) is 0 Å². The lowest BCUT2D eigenvalue weighted by molar-refractivity contribution is -0.139. The molecular formula is C15H31NO2. The summed E-state index contributed by atoms with van der Waals surface area (Å²) in [5, 5.41) is 0. The fourth-order valence-electron chi connectivity index (χ4n) is 1.70. The van der Waals surface area contributed by atoms with Crippen molar-refractivity contribution in [3.8, 4) is 0 Å². The van der Waals surface area contributed by atoms with E-state index in [4.69, 9.17) is 0 Å². The van der Waals surface area contributed by atoms with Crippen LogP contribution in [0.5, 0.6) is 0 Å². The van der Waals surface area contributed by atoms with Gasteiger partial charge in [0, 0.05) is 19.4 Å². The third kappa shape index (κ3) is 6.18. The Hall–Kier alpha value is -0.860. The standard InChI is InChI=1S/C11H19NO2.2C2H6/c1-4-8(2)9(3)7-12-10(13)5-6-11(12)14;2*1-2/h8-9H,4-7H2,1-3H3;2*1-2H3. The Bertz CT molecular complexity index is 223. The van der Waals surface area contributed by atoms with Crippen molar-refractivity contribution in [2.24, 2.45) is 11.8 Å². The molecule has 1 aliphatic heterocycles. The monoisotopic (exact) mass is 257 g/mol. The molecule has 1 heterocycles. The molecule has 1 saturated heterocycles. The van der Waals surface area contributed by atoms with Crippen LogP contribution < -0.4 is 0 Å². The lowest BCUT2D eigenvalue weighted by Crippen LogP contribution is -2.35. The zero-order valence-electron chi connectivity index (χ0n) is 13.2. The molecule has 2 amide bonds. The van der Waals surface area contributed by atoms with E-state index in [1.54, 1.807) is 0 Å². The molecule has 0 spiro atoms. The molecule has 0 aromatic rings. The number of carbonyl (C=O) groups excluding carboxylic acids is 2. The molecule has 1 fully saturated rings. The highest BCUT2D eigenvalue weighted by Gasteiger charge is 2.30. The first kappa shape index (κ1) is 19.5. The summed E-state index contributed by atoms with van der Waals surface area (Å²) in [5.74, 6) is 0.984. The highest BCUT2D eigenvalue weighted by molar-refractivity contribution is 6.01. The van der Waals surface area contributed by atoms with Crippen molar-refractivity contribution < 1.29 is 9.59 Å². The van der Waals surface area contributed by atoms with Crippen LogP contribution in [0.2, 0.25) is 0 Å². The average molecular weight is 257 g/mol. The second-order valence-corrected chi connectivity index (χ2v) is 4.26. The molecule has 0 aromatic heterocycles. The van der Waals surface area contributed by atoms with Crippen molar-refractivity contribution in [3.63, 3.8) is 0 Å². The van der Waals surface area contributed by atoms with Crippen LogP contribution in [0.25, 0.3) is 0 Å². The fraction of sp³-hybridized carbons (Fsp3) is 0.867. The minimum absolute atomic E-state index is 0.00477. The van der Waals surface area contributed by atoms with E-state index < -0.39 is 0 Å². The summed E-state index contributed by atoms with van der Waals surface area (Å²) < 4.78 is 0. The quantitative estimate of drug-likeness (QED) is 0.717. The minimum Gasteiger partial charge on any atom is -0.282 e. The maximum Gasteiger partial charge on any atom is 0.229 e. The zero-order valence-corrected chi connectivity index (χ0v) is 13.2. The minimum atomic E-state index is 0.00477. The highest BCUT2D eigenvalue weighted by atomic mass is 16.2. The van der Waals surface area contributed by atoms with E-state index >= 15 is 0 Å². The number of hydrogen-bond donors (Lipinski definition) is 0. The van der Waals surface area contributed by atoms with Gasteiger partial charge in [0.05, 0.1) is 0 Å². The summed E-state index contributed by atoms with van der Waals surface area (Å²) >= 11 is 0. The Balaban J connectivity index is 0. The van der Waals surface area contributed by atoms with Crippen LogP contribution in [-0.4, -0.2) is 23.3 Å². The van der Waals surface area contributed by atoms with Crippen LogP contribution in [0.15, 0.2) is 0 Å². The summed E-state index contributed by atoms with van der Waals surface area (Å²) in [6.45, 7) is 15.0. The molecule has 1 aliphatic rings. The Morgan fingerprint density at radius 1 is 0.944 bits per heavy atom. The van der Waals surface area contributed by atoms with Crippen LogP contribution in [0, 0.1) is 11.8 Å². The molecule has 1 rings (SSSR count). The van der Waals surface area contributed by atoms with Crippen molar-refractivity contribution in [1.82, 2.24) is 4.90 Å². The molecule has 2 unspecified atom stereocenters. The van der Waals surface area contributed by atoms with E-state index in [0.29, 0.717) is 31.2 Å². The van der Waals surface area contributed by atoms with Gasteiger partial charge in [-0.15, -0.1) is 0 Å². The molecule has 0 radical (unpaired) electrons. The first-order valence-electron chi connectivity index (χ1n) is 7.39. The van der Waals surface area contributed by atoms with Gasteiger partial charge in [-0.05, 0) is 11.8 Å². The summed E-state index contributed by atoms with van der Waals surface area (Å²) in [6, 6.07) is 0. The lowest BCUT2D eigenvalue weighted by Gasteiger charge is -2.23. The topological polar surface area (TPSA) is 37.4 Å². The van der Waals surface area contributed by atoms with E-state index in [9.17, 15) is 9.59 Å². The van der Waals surface area contributed by atoms with E-state index in [0.717, 1.165) is 6.42 Å². The van der Waals surface area contributed by atoms with E-state index in [-0.39, 0.29) is 11.8 Å². The van der Waals surface area contributed by atoms with Gasteiger partial charge in [-0.2, -0.15) is 0 Å². The first-order chi connectivity index (χ1) is 8.56. The molecular weight excluding hydrogens is 226 g/mol. The number of rotatable bonds is 4. The van der Waals surface area contributed by atoms with Crippen LogP contribution >= 0.6 is 0 Å². The SMILES string of the molecule is CC.CC.CCC(C)C(C)CN1C(=O)CCC1=O. The van der Waals surface area contributed by atoms with Gasteiger partial charge in [0.25, 0.3) is 0 Å². The molecule has 0 N–H and O–H groups in total. The van der Waals surface area contributed by atoms with E-state index in [1.807, 2.05) is 27.7 Å². The number of amides is 2. The van der Waals surface area contributed by atoms with Gasteiger partial charge in [0.15, 0.2) is 0 Å². The maximum atomic E-state index is 11.3. The van der Waals surface area contributed by atoms with Crippen LogP contribution in [-0.2, 0) is 9.59 Å². The van der Waals surface area contributed by atoms with Gasteiger partial charge < -0.3 is 0 Å². The Morgan fingerprint density at radius 3 is 1.67 bits per heavy atom. The number of likely N-dealkylation sites (tertiary alicyclic amines) is 1. The van der Waals surface area contributed by atoms with Crippen molar-refractivity contribution in [3.05, 3.63) is 0 Å². The molecule has 3 nitrogen and oxygen atoms in total. The van der Waals surface area contributed by atoms with Crippen molar-refractivity contribution in [1.29, 1.82) is 0 Å². The Morgan fingerprint density at radius 2 is 1.33 bits per heavy atom. The molecule has 0 bridgehead atoms. The third-order valence-corrected chi connectivity index (χ3v) is 3.24. The molecule has 108 valence electrons. The van der Waals surface area contributed by atoms with Gasteiger partial charge >= 0.3 is 0 Å². The lowest BCUT2D eigenvalue weighted by atomic mass is 9.93. The Labute approximate surface area is 113 Å². The molecule has 18 heavy (non-hydrogen) atoms. The van der Waals surface area contributed by atoms with Gasteiger partial charge in [0.2, 0.25) is 11.8 Å². The summed E-state index contributed by atoms with van der Waals surface area (Å²) in [6.07, 6.45) is 1.91. The van der Waals surface area contributed by atoms with E-state index in [1.165, 1.54) is 4.90 Å².